The van der Waals surface area contributed by atoms with Gasteiger partial charge >= 0.3 is 0 Å². The summed E-state index contributed by atoms with van der Waals surface area (Å²) in [6.45, 7) is 1.48. The molecule has 2 N–H and O–H groups in total. The number of carbonyl (C=O) groups excluding carboxylic acids is 1. The topological polar surface area (TPSA) is 71.7 Å². The maximum absolute atomic E-state index is 11.0. The monoisotopic (exact) mass is 249 g/mol. The molecule has 1 fully saturated rings. The van der Waals surface area contributed by atoms with E-state index in [0.717, 1.165) is 11.8 Å². The van der Waals surface area contributed by atoms with Crippen molar-refractivity contribution in [2.45, 2.75) is 31.8 Å². The maximum atomic E-state index is 11.0. The Hall–Kier alpha value is -1.61. The van der Waals surface area contributed by atoms with Crippen molar-refractivity contribution >= 4 is 6.29 Å². The fraction of sp³-hybridized carbons (Fsp3) is 0.462. The highest BCUT2D eigenvalue weighted by molar-refractivity contribution is 5.73. The predicted molar refractivity (Wildman–Crippen MR) is 64.0 cm³/mol. The lowest BCUT2D eigenvalue weighted by Gasteiger charge is -2.14. The molecule has 0 saturated carbocycles. The molecule has 0 amide bonds. The number of aliphatic hydroxyl groups is 2. The Morgan fingerprint density at radius 1 is 1.67 bits per heavy atom. The molecule has 0 aliphatic carbocycles. The minimum atomic E-state index is -0.720. The van der Waals surface area contributed by atoms with Crippen molar-refractivity contribution in [1.82, 2.24) is 4.57 Å². The zero-order valence-electron chi connectivity index (χ0n) is 10.0. The molecule has 1 aromatic rings. The quantitative estimate of drug-likeness (QED) is 0.597. The van der Waals surface area contributed by atoms with E-state index in [1.807, 2.05) is 0 Å². The maximum Gasteiger partial charge on any atom is 0.166 e. The number of carbonyl (C=O) groups is 1. The van der Waals surface area contributed by atoms with Crippen molar-refractivity contribution < 1.29 is 19.7 Å². The number of aromatic nitrogens is 1. The van der Waals surface area contributed by atoms with Crippen molar-refractivity contribution in [3.8, 4) is 11.8 Å². The summed E-state index contributed by atoms with van der Waals surface area (Å²) in [4.78, 5) is 11.0. The summed E-state index contributed by atoms with van der Waals surface area (Å²) >= 11 is 0. The molecule has 2 rings (SSSR count). The second kappa shape index (κ2) is 5.36. The van der Waals surface area contributed by atoms with Gasteiger partial charge in [-0.25, -0.2) is 0 Å². The van der Waals surface area contributed by atoms with Gasteiger partial charge in [0.15, 0.2) is 6.29 Å². The van der Waals surface area contributed by atoms with Crippen LogP contribution in [0.25, 0.3) is 0 Å². The predicted octanol–water partition coefficient (Wildman–Crippen LogP) is 0.313. The summed E-state index contributed by atoms with van der Waals surface area (Å²) in [6, 6.07) is 1.67. The molecule has 2 heterocycles. The van der Waals surface area contributed by atoms with Crippen LogP contribution < -0.4 is 0 Å². The Kier molecular flexibility index (Phi) is 3.82. The summed E-state index contributed by atoms with van der Waals surface area (Å²) < 4.78 is 7.14. The minimum absolute atomic E-state index is 0.239. The van der Waals surface area contributed by atoms with Gasteiger partial charge in [-0.15, -0.1) is 5.92 Å². The van der Waals surface area contributed by atoms with Gasteiger partial charge in [0.2, 0.25) is 0 Å². The average molecular weight is 249 g/mol. The second-order valence-electron chi connectivity index (χ2n) is 4.17. The molecule has 1 aliphatic rings. The van der Waals surface area contributed by atoms with Gasteiger partial charge in [0.25, 0.3) is 0 Å². The van der Waals surface area contributed by atoms with Crippen LogP contribution in [0.5, 0.6) is 0 Å². The van der Waals surface area contributed by atoms with Gasteiger partial charge in [0.1, 0.15) is 12.3 Å². The first-order valence-electron chi connectivity index (χ1n) is 5.73. The van der Waals surface area contributed by atoms with E-state index in [1.54, 1.807) is 23.8 Å². The van der Waals surface area contributed by atoms with E-state index in [0.29, 0.717) is 12.1 Å². The average Bonchev–Trinajstić information content (AvgIpc) is 2.92. The van der Waals surface area contributed by atoms with Crippen molar-refractivity contribution in [3.05, 3.63) is 23.5 Å². The van der Waals surface area contributed by atoms with E-state index in [9.17, 15) is 9.90 Å². The number of hydrogen-bond donors (Lipinski definition) is 2. The molecule has 5 heteroatoms. The fourth-order valence-electron chi connectivity index (χ4n) is 2.10. The first-order chi connectivity index (χ1) is 8.69. The van der Waals surface area contributed by atoms with Gasteiger partial charge in [-0.1, -0.05) is 5.92 Å². The number of hydrogen-bond acceptors (Lipinski definition) is 4. The lowest BCUT2D eigenvalue weighted by Crippen LogP contribution is -2.24. The van der Waals surface area contributed by atoms with Gasteiger partial charge < -0.3 is 19.5 Å². The molecule has 96 valence electrons. The van der Waals surface area contributed by atoms with Crippen LogP contribution >= 0.6 is 0 Å². The molecule has 5 nitrogen and oxygen atoms in total. The molecule has 0 radical (unpaired) electrons. The van der Waals surface area contributed by atoms with Crippen molar-refractivity contribution in [1.29, 1.82) is 0 Å². The highest BCUT2D eigenvalue weighted by atomic mass is 16.5. The standard InChI is InChI=1S/C13H15NO4/c1-2-3-9-4-10(7-15)14(6-9)13-5-11(17)12(8-16)18-13/h4,6-7,11-13,16-17H,5,8H2,1H3/t11-,12+,13+/m0/s1. The third kappa shape index (κ3) is 2.31. The Balaban J connectivity index is 2.27. The van der Waals surface area contributed by atoms with Crippen LogP contribution in [0.2, 0.25) is 0 Å². The van der Waals surface area contributed by atoms with Crippen LogP contribution in [0.3, 0.4) is 0 Å². The van der Waals surface area contributed by atoms with E-state index in [2.05, 4.69) is 11.8 Å². The van der Waals surface area contributed by atoms with Crippen LogP contribution in [-0.2, 0) is 4.74 Å². The summed E-state index contributed by atoms with van der Waals surface area (Å²) in [5.41, 5.74) is 1.17. The third-order valence-electron chi connectivity index (χ3n) is 2.96. The summed E-state index contributed by atoms with van der Waals surface area (Å²) in [7, 11) is 0. The van der Waals surface area contributed by atoms with E-state index in [4.69, 9.17) is 9.84 Å². The Morgan fingerprint density at radius 2 is 2.44 bits per heavy atom. The minimum Gasteiger partial charge on any atom is -0.394 e. The molecule has 0 aromatic carbocycles. The molecule has 0 spiro atoms. The number of ether oxygens (including phenoxy) is 1. The lowest BCUT2D eigenvalue weighted by molar-refractivity contribution is -0.0445. The SMILES string of the molecule is CC#Cc1cc(C=O)n([C@H]2C[C@H](O)[C@@H](CO)O2)c1. The normalized spacial score (nSPS) is 26.7. The molecule has 1 aromatic heterocycles. The van der Waals surface area contributed by atoms with E-state index in [1.165, 1.54) is 0 Å². The molecule has 3 atom stereocenters. The van der Waals surface area contributed by atoms with Crippen LogP contribution in [0, 0.1) is 11.8 Å². The molecule has 1 aliphatic heterocycles. The number of aliphatic hydroxyl groups excluding tert-OH is 2. The second-order valence-corrected chi connectivity index (χ2v) is 4.17. The van der Waals surface area contributed by atoms with Gasteiger partial charge in [0, 0.05) is 18.2 Å². The van der Waals surface area contributed by atoms with Crippen molar-refractivity contribution in [2.75, 3.05) is 6.61 Å². The fourth-order valence-corrected chi connectivity index (χ4v) is 2.10. The molecule has 0 bridgehead atoms. The van der Waals surface area contributed by atoms with E-state index in [-0.39, 0.29) is 6.61 Å². The van der Waals surface area contributed by atoms with Crippen LogP contribution in [0.15, 0.2) is 12.3 Å². The summed E-state index contributed by atoms with van der Waals surface area (Å²) in [6.07, 6.45) is 1.03. The van der Waals surface area contributed by atoms with Gasteiger partial charge in [-0.05, 0) is 13.0 Å². The number of rotatable bonds is 3. The first-order valence-corrected chi connectivity index (χ1v) is 5.73. The van der Waals surface area contributed by atoms with Gasteiger partial charge in [-0.3, -0.25) is 4.79 Å². The molecule has 0 unspecified atom stereocenters. The highest BCUT2D eigenvalue weighted by Crippen LogP contribution is 2.30. The Labute approximate surface area is 105 Å². The largest absolute Gasteiger partial charge is 0.394 e. The Morgan fingerprint density at radius 3 is 3.00 bits per heavy atom. The van der Waals surface area contributed by atoms with Gasteiger partial charge in [0.05, 0.1) is 18.4 Å². The first kappa shape index (κ1) is 12.8. The van der Waals surface area contributed by atoms with Crippen LogP contribution in [-0.4, -0.2) is 39.9 Å². The molecule has 1 saturated heterocycles. The number of nitrogens with zero attached hydrogens (tertiary/aromatic N) is 1. The Bertz CT molecular complexity index is 497. The summed E-state index contributed by atoms with van der Waals surface area (Å²) in [5, 5.41) is 18.7. The van der Waals surface area contributed by atoms with E-state index < -0.39 is 18.4 Å². The molecular weight excluding hydrogens is 234 g/mol. The number of aldehydes is 1. The lowest BCUT2D eigenvalue weighted by atomic mass is 10.2. The molecule has 18 heavy (non-hydrogen) atoms. The zero-order valence-corrected chi connectivity index (χ0v) is 10.0. The highest BCUT2D eigenvalue weighted by Gasteiger charge is 2.35. The zero-order chi connectivity index (χ0) is 13.1. The third-order valence-corrected chi connectivity index (χ3v) is 2.96. The van der Waals surface area contributed by atoms with Crippen LogP contribution in [0.1, 0.15) is 35.6 Å². The van der Waals surface area contributed by atoms with Crippen molar-refractivity contribution in [3.63, 3.8) is 0 Å². The van der Waals surface area contributed by atoms with Crippen LogP contribution in [0.4, 0.5) is 0 Å². The van der Waals surface area contributed by atoms with E-state index >= 15 is 0 Å². The molecular formula is C13H15NO4. The van der Waals surface area contributed by atoms with Gasteiger partial charge in [-0.2, -0.15) is 0 Å². The summed E-state index contributed by atoms with van der Waals surface area (Å²) in [5.74, 6) is 5.62. The van der Waals surface area contributed by atoms with Crippen molar-refractivity contribution in [2.24, 2.45) is 0 Å². The smallest absolute Gasteiger partial charge is 0.166 e.